The van der Waals surface area contributed by atoms with E-state index in [2.05, 4.69) is 5.32 Å². The molecule has 0 aliphatic carbocycles. The minimum Gasteiger partial charge on any atom is -0.497 e. The monoisotopic (exact) mass is 416 g/mol. The van der Waals surface area contributed by atoms with Crippen LogP contribution in [0.1, 0.15) is 37.0 Å². The number of nitrogens with zero attached hydrogens (tertiary/aromatic N) is 1. The number of hydrogen-bond acceptors (Lipinski definition) is 4. The van der Waals surface area contributed by atoms with Crippen molar-refractivity contribution in [3.63, 3.8) is 0 Å². The molecule has 0 saturated carbocycles. The Morgan fingerprint density at radius 3 is 2.21 bits per heavy atom. The number of benzene rings is 1. The van der Waals surface area contributed by atoms with Crippen LogP contribution in [-0.4, -0.2) is 56.2 Å². The molecule has 1 heterocycles. The standard InChI is InChI=1S/C20H27F3N2O4/c1-12(2)17(19(27)25-7-5-6-14(11-25)20(21,22)23)24-18(26)13-8-15(28-3)10-16(9-13)29-4/h8-10,12,14,17H,5-7,11H2,1-4H3,(H,24,26)/t14-,17+/m0/s1. The van der Waals surface area contributed by atoms with Crippen molar-refractivity contribution in [1.82, 2.24) is 10.2 Å². The molecule has 1 fully saturated rings. The zero-order valence-electron chi connectivity index (χ0n) is 17.0. The van der Waals surface area contributed by atoms with Crippen LogP contribution in [0.2, 0.25) is 0 Å². The highest BCUT2D eigenvalue weighted by atomic mass is 19.4. The van der Waals surface area contributed by atoms with Gasteiger partial charge >= 0.3 is 6.18 Å². The number of hydrogen-bond donors (Lipinski definition) is 1. The van der Waals surface area contributed by atoms with E-state index in [-0.39, 0.29) is 37.4 Å². The molecular weight excluding hydrogens is 389 g/mol. The summed E-state index contributed by atoms with van der Waals surface area (Å²) in [5, 5.41) is 2.66. The van der Waals surface area contributed by atoms with E-state index in [1.165, 1.54) is 31.3 Å². The van der Waals surface area contributed by atoms with Crippen molar-refractivity contribution in [2.24, 2.45) is 11.8 Å². The normalized spacial score (nSPS) is 18.3. The smallest absolute Gasteiger partial charge is 0.393 e. The van der Waals surface area contributed by atoms with Gasteiger partial charge in [-0.05, 0) is 30.9 Å². The molecule has 1 aliphatic rings. The average Bonchev–Trinajstić information content (AvgIpc) is 2.70. The van der Waals surface area contributed by atoms with Gasteiger partial charge in [0.2, 0.25) is 5.91 Å². The fraction of sp³-hybridized carbons (Fsp3) is 0.600. The Hall–Kier alpha value is -2.45. The summed E-state index contributed by atoms with van der Waals surface area (Å²) < 4.78 is 49.5. The number of carbonyl (C=O) groups is 2. The fourth-order valence-corrected chi connectivity index (χ4v) is 3.32. The molecule has 1 aromatic rings. The van der Waals surface area contributed by atoms with Gasteiger partial charge in [-0.1, -0.05) is 13.8 Å². The first-order chi connectivity index (χ1) is 13.6. The summed E-state index contributed by atoms with van der Waals surface area (Å²) in [6, 6.07) is 3.67. The molecule has 0 spiro atoms. The number of halogens is 3. The van der Waals surface area contributed by atoms with E-state index in [0.29, 0.717) is 11.5 Å². The van der Waals surface area contributed by atoms with Crippen molar-refractivity contribution >= 4 is 11.8 Å². The van der Waals surface area contributed by atoms with Gasteiger partial charge in [-0.2, -0.15) is 13.2 Å². The number of alkyl halides is 3. The molecule has 0 unspecified atom stereocenters. The third-order valence-electron chi connectivity index (χ3n) is 5.03. The second-order valence-corrected chi connectivity index (χ2v) is 7.46. The third-order valence-corrected chi connectivity index (χ3v) is 5.03. The van der Waals surface area contributed by atoms with E-state index < -0.39 is 30.0 Å². The second-order valence-electron chi connectivity index (χ2n) is 7.46. The maximum atomic E-state index is 13.1. The van der Waals surface area contributed by atoms with Crippen molar-refractivity contribution in [2.75, 3.05) is 27.3 Å². The number of ether oxygens (including phenoxy) is 2. The number of piperidine rings is 1. The molecule has 9 heteroatoms. The molecule has 6 nitrogen and oxygen atoms in total. The van der Waals surface area contributed by atoms with Crippen LogP contribution in [0.5, 0.6) is 11.5 Å². The molecule has 2 rings (SSSR count). The molecule has 1 aromatic carbocycles. The van der Waals surface area contributed by atoms with Crippen molar-refractivity contribution in [1.29, 1.82) is 0 Å². The Labute approximate surface area is 168 Å². The summed E-state index contributed by atoms with van der Waals surface area (Å²) in [7, 11) is 2.90. The van der Waals surface area contributed by atoms with Gasteiger partial charge in [-0.3, -0.25) is 9.59 Å². The summed E-state index contributed by atoms with van der Waals surface area (Å²) in [6.45, 7) is 3.34. The Kier molecular flexibility index (Phi) is 7.37. The topological polar surface area (TPSA) is 67.9 Å². The van der Waals surface area contributed by atoms with Crippen molar-refractivity contribution in [3.8, 4) is 11.5 Å². The summed E-state index contributed by atoms with van der Waals surface area (Å²) in [5.74, 6) is -2.05. The van der Waals surface area contributed by atoms with Gasteiger partial charge in [0, 0.05) is 24.7 Å². The number of nitrogens with one attached hydrogen (secondary N) is 1. The highest BCUT2D eigenvalue weighted by Crippen LogP contribution is 2.33. The van der Waals surface area contributed by atoms with Gasteiger partial charge in [0.1, 0.15) is 17.5 Å². The number of carbonyl (C=O) groups excluding carboxylic acids is 2. The Morgan fingerprint density at radius 2 is 1.72 bits per heavy atom. The van der Waals surface area contributed by atoms with Crippen molar-refractivity contribution < 1.29 is 32.2 Å². The summed E-state index contributed by atoms with van der Waals surface area (Å²) >= 11 is 0. The van der Waals surface area contributed by atoms with Crippen LogP contribution in [0, 0.1) is 11.8 Å². The molecule has 162 valence electrons. The van der Waals surface area contributed by atoms with Gasteiger partial charge in [0.15, 0.2) is 0 Å². The van der Waals surface area contributed by atoms with E-state index in [9.17, 15) is 22.8 Å². The molecule has 1 saturated heterocycles. The van der Waals surface area contributed by atoms with Gasteiger partial charge in [0.05, 0.1) is 20.1 Å². The zero-order chi connectivity index (χ0) is 21.8. The Bertz CT molecular complexity index is 715. The maximum absolute atomic E-state index is 13.1. The number of likely N-dealkylation sites (tertiary alicyclic amines) is 1. The predicted molar refractivity (Wildman–Crippen MR) is 101 cm³/mol. The summed E-state index contributed by atoms with van der Waals surface area (Å²) in [6.07, 6.45) is -4.05. The zero-order valence-corrected chi connectivity index (χ0v) is 17.0. The predicted octanol–water partition coefficient (Wildman–Crippen LogP) is 3.26. The SMILES string of the molecule is COc1cc(OC)cc(C(=O)N[C@@H](C(=O)N2CCC[C@H](C(F)(F)F)C2)C(C)C)c1. The minimum absolute atomic E-state index is 0.00951. The summed E-state index contributed by atoms with van der Waals surface area (Å²) in [5.41, 5.74) is 0.228. The molecule has 0 aromatic heterocycles. The second kappa shape index (κ2) is 9.37. The number of methoxy groups -OCH3 is 2. The highest BCUT2D eigenvalue weighted by molar-refractivity contribution is 5.98. The van der Waals surface area contributed by atoms with E-state index in [1.54, 1.807) is 19.9 Å². The van der Waals surface area contributed by atoms with Crippen LogP contribution >= 0.6 is 0 Å². The molecule has 2 amide bonds. The van der Waals surface area contributed by atoms with E-state index in [4.69, 9.17) is 9.47 Å². The lowest BCUT2D eigenvalue weighted by Crippen LogP contribution is -2.54. The Morgan fingerprint density at radius 1 is 1.14 bits per heavy atom. The lowest BCUT2D eigenvalue weighted by molar-refractivity contribution is -0.188. The first-order valence-corrected chi connectivity index (χ1v) is 9.46. The van der Waals surface area contributed by atoms with E-state index in [0.717, 1.165) is 0 Å². The highest BCUT2D eigenvalue weighted by Gasteiger charge is 2.43. The minimum atomic E-state index is -4.34. The fourth-order valence-electron chi connectivity index (χ4n) is 3.32. The number of rotatable bonds is 6. The number of amides is 2. The van der Waals surface area contributed by atoms with Crippen molar-refractivity contribution in [2.45, 2.75) is 38.9 Å². The van der Waals surface area contributed by atoms with Crippen molar-refractivity contribution in [3.05, 3.63) is 23.8 Å². The van der Waals surface area contributed by atoms with Crippen LogP contribution in [0.4, 0.5) is 13.2 Å². The summed E-state index contributed by atoms with van der Waals surface area (Å²) in [4.78, 5) is 26.9. The molecule has 0 radical (unpaired) electrons. The van der Waals surface area contributed by atoms with E-state index in [1.807, 2.05) is 0 Å². The van der Waals surface area contributed by atoms with Gasteiger partial charge in [-0.25, -0.2) is 0 Å². The molecule has 0 bridgehead atoms. The first kappa shape index (κ1) is 22.8. The van der Waals surface area contributed by atoms with Crippen LogP contribution in [0.25, 0.3) is 0 Å². The largest absolute Gasteiger partial charge is 0.497 e. The molecule has 29 heavy (non-hydrogen) atoms. The quantitative estimate of drug-likeness (QED) is 0.773. The lowest BCUT2D eigenvalue weighted by Gasteiger charge is -2.36. The third kappa shape index (κ3) is 5.77. The van der Waals surface area contributed by atoms with Gasteiger partial charge in [0.25, 0.3) is 5.91 Å². The van der Waals surface area contributed by atoms with E-state index >= 15 is 0 Å². The molecular formula is C20H27F3N2O4. The van der Waals surface area contributed by atoms with Crippen LogP contribution in [-0.2, 0) is 4.79 Å². The lowest BCUT2D eigenvalue weighted by atomic mass is 9.95. The maximum Gasteiger partial charge on any atom is 0.393 e. The molecule has 1 N–H and O–H groups in total. The van der Waals surface area contributed by atoms with Gasteiger partial charge < -0.3 is 19.7 Å². The van der Waals surface area contributed by atoms with Crippen LogP contribution in [0.3, 0.4) is 0 Å². The average molecular weight is 416 g/mol. The first-order valence-electron chi connectivity index (χ1n) is 9.46. The Balaban J connectivity index is 2.17. The molecule has 1 aliphatic heterocycles. The molecule has 2 atom stereocenters. The van der Waals surface area contributed by atoms with Crippen LogP contribution < -0.4 is 14.8 Å². The van der Waals surface area contributed by atoms with Crippen LogP contribution in [0.15, 0.2) is 18.2 Å². The van der Waals surface area contributed by atoms with Gasteiger partial charge in [-0.15, -0.1) is 0 Å².